The summed E-state index contributed by atoms with van der Waals surface area (Å²) in [6, 6.07) is 0.440. The molecule has 3 N–H and O–H groups in total. The van der Waals surface area contributed by atoms with Gasteiger partial charge >= 0.3 is 0 Å². The van der Waals surface area contributed by atoms with Crippen LogP contribution in [0.15, 0.2) is 0 Å². The summed E-state index contributed by atoms with van der Waals surface area (Å²) in [6.07, 6.45) is 5.86. The normalized spacial score (nSPS) is 30.5. The molecule has 2 amide bonds. The highest BCUT2D eigenvalue weighted by atomic mass is 16.3. The number of rotatable bonds is 4. The van der Waals surface area contributed by atoms with Crippen molar-refractivity contribution < 1.29 is 14.7 Å². The summed E-state index contributed by atoms with van der Waals surface area (Å²) in [7, 11) is 0. The monoisotopic (exact) mass is 366 g/mol. The number of primary amides is 1. The molecule has 0 bridgehead atoms. The van der Waals surface area contributed by atoms with Crippen molar-refractivity contribution >= 4 is 11.8 Å². The number of hydrogen-bond acceptors (Lipinski definition) is 5. The maximum Gasteiger partial charge on any atom is 0.231 e. The molecule has 0 saturated carbocycles. The quantitative estimate of drug-likeness (QED) is 0.732. The van der Waals surface area contributed by atoms with Gasteiger partial charge in [-0.25, -0.2) is 0 Å². The molecule has 3 saturated heterocycles. The lowest BCUT2D eigenvalue weighted by Gasteiger charge is -2.46. The van der Waals surface area contributed by atoms with Gasteiger partial charge in [0.05, 0.1) is 12.1 Å². The molecule has 0 aromatic carbocycles. The molecule has 3 heterocycles. The molecule has 3 fully saturated rings. The first kappa shape index (κ1) is 19.6. The van der Waals surface area contributed by atoms with E-state index in [2.05, 4.69) is 9.80 Å². The summed E-state index contributed by atoms with van der Waals surface area (Å²) in [5.41, 5.74) is 4.76. The van der Waals surface area contributed by atoms with Crippen molar-refractivity contribution in [3.63, 3.8) is 0 Å². The van der Waals surface area contributed by atoms with E-state index in [0.29, 0.717) is 51.0 Å². The second-order valence-electron chi connectivity index (χ2n) is 8.51. The van der Waals surface area contributed by atoms with Gasteiger partial charge in [-0.3, -0.25) is 14.5 Å². The standard InChI is InChI=1S/C19H34N4O3/c1-15(24)22-10-6-19(26,7-11-22)14-21-9-5-17-16(12-21)4-2-3-8-23(17)13-18(20)25/h16-17,26H,2-14H2,1H3,(H2,20,25)/t16-,17+/m0/s1. The summed E-state index contributed by atoms with van der Waals surface area (Å²) >= 11 is 0. The number of amides is 2. The molecule has 7 heteroatoms. The van der Waals surface area contributed by atoms with Crippen LogP contribution in [-0.4, -0.2) is 89.1 Å². The number of carbonyl (C=O) groups excluding carboxylic acids is 2. The van der Waals surface area contributed by atoms with Gasteiger partial charge in [-0.1, -0.05) is 6.42 Å². The summed E-state index contributed by atoms with van der Waals surface area (Å²) < 4.78 is 0. The van der Waals surface area contributed by atoms with E-state index in [4.69, 9.17) is 5.73 Å². The minimum absolute atomic E-state index is 0.0980. The number of aliphatic hydroxyl groups is 1. The zero-order valence-corrected chi connectivity index (χ0v) is 16.0. The zero-order valence-electron chi connectivity index (χ0n) is 16.0. The van der Waals surface area contributed by atoms with Gasteiger partial charge in [0.15, 0.2) is 0 Å². The minimum atomic E-state index is -0.684. The number of carbonyl (C=O) groups is 2. The minimum Gasteiger partial charge on any atom is -0.388 e. The summed E-state index contributed by atoms with van der Waals surface area (Å²) in [5.74, 6) is 0.409. The van der Waals surface area contributed by atoms with Crippen molar-refractivity contribution in [1.82, 2.24) is 14.7 Å². The van der Waals surface area contributed by atoms with Gasteiger partial charge in [0, 0.05) is 39.1 Å². The lowest BCUT2D eigenvalue weighted by Crippen LogP contribution is -2.57. The second-order valence-corrected chi connectivity index (χ2v) is 8.51. The van der Waals surface area contributed by atoms with Crippen molar-refractivity contribution in [3.05, 3.63) is 0 Å². The predicted molar refractivity (Wildman–Crippen MR) is 99.4 cm³/mol. The highest BCUT2D eigenvalue weighted by Gasteiger charge is 2.39. The molecule has 3 rings (SSSR count). The Balaban J connectivity index is 1.56. The van der Waals surface area contributed by atoms with Crippen LogP contribution in [0.2, 0.25) is 0 Å². The molecule has 0 aliphatic carbocycles. The Bertz CT molecular complexity index is 519. The molecule has 26 heavy (non-hydrogen) atoms. The van der Waals surface area contributed by atoms with Crippen molar-refractivity contribution in [1.29, 1.82) is 0 Å². The summed E-state index contributed by atoms with van der Waals surface area (Å²) in [5, 5.41) is 11.0. The lowest BCUT2D eigenvalue weighted by atomic mass is 9.85. The van der Waals surface area contributed by atoms with E-state index in [9.17, 15) is 14.7 Å². The molecule has 0 unspecified atom stereocenters. The average Bonchev–Trinajstić information content (AvgIpc) is 2.76. The summed E-state index contributed by atoms with van der Waals surface area (Å²) in [6.45, 7) is 6.86. The molecule has 0 aromatic heterocycles. The van der Waals surface area contributed by atoms with Gasteiger partial charge in [-0.2, -0.15) is 0 Å². The number of likely N-dealkylation sites (tertiary alicyclic amines) is 3. The second kappa shape index (κ2) is 8.23. The molecule has 0 radical (unpaired) electrons. The van der Waals surface area contributed by atoms with Gasteiger partial charge in [-0.05, 0) is 51.1 Å². The van der Waals surface area contributed by atoms with Gasteiger partial charge in [0.1, 0.15) is 0 Å². The number of fused-ring (bicyclic) bond motifs is 1. The Hall–Kier alpha value is -1.18. The third-order valence-electron chi connectivity index (χ3n) is 6.53. The van der Waals surface area contributed by atoms with Crippen LogP contribution in [0.5, 0.6) is 0 Å². The fourth-order valence-corrected chi connectivity index (χ4v) is 5.10. The first-order valence-electron chi connectivity index (χ1n) is 10.1. The average molecular weight is 367 g/mol. The molecule has 0 aromatic rings. The van der Waals surface area contributed by atoms with Crippen molar-refractivity contribution in [3.8, 4) is 0 Å². The van der Waals surface area contributed by atoms with Crippen LogP contribution in [0.25, 0.3) is 0 Å². The number of β-amino-alcohol motifs (C(OH)–C–C–N with tert-alkyl or cyclic N) is 1. The van der Waals surface area contributed by atoms with Gasteiger partial charge in [0.25, 0.3) is 0 Å². The van der Waals surface area contributed by atoms with Crippen molar-refractivity contribution in [2.24, 2.45) is 11.7 Å². The smallest absolute Gasteiger partial charge is 0.231 e. The van der Waals surface area contributed by atoms with Crippen molar-refractivity contribution in [2.45, 2.75) is 57.1 Å². The zero-order chi connectivity index (χ0) is 18.7. The molecule has 7 nitrogen and oxygen atoms in total. The summed E-state index contributed by atoms with van der Waals surface area (Å²) in [4.78, 5) is 29.4. The van der Waals surface area contributed by atoms with Crippen LogP contribution in [0.1, 0.15) is 45.4 Å². The highest BCUT2D eigenvalue weighted by molar-refractivity contribution is 5.76. The maximum atomic E-state index is 11.5. The highest BCUT2D eigenvalue weighted by Crippen LogP contribution is 2.32. The molecular formula is C19H34N4O3. The molecular weight excluding hydrogens is 332 g/mol. The third kappa shape index (κ3) is 4.75. The number of nitrogens with zero attached hydrogens (tertiary/aromatic N) is 3. The molecule has 2 atom stereocenters. The van der Waals surface area contributed by atoms with E-state index in [1.165, 1.54) is 12.8 Å². The predicted octanol–water partition coefficient (Wildman–Crippen LogP) is 0.0215. The van der Waals surface area contributed by atoms with Crippen LogP contribution in [0, 0.1) is 5.92 Å². The van der Waals surface area contributed by atoms with E-state index in [1.807, 2.05) is 4.90 Å². The van der Waals surface area contributed by atoms with E-state index >= 15 is 0 Å². The fraction of sp³-hybridized carbons (Fsp3) is 0.895. The van der Waals surface area contributed by atoms with Crippen LogP contribution < -0.4 is 5.73 Å². The molecule has 0 spiro atoms. The van der Waals surface area contributed by atoms with E-state index in [1.54, 1.807) is 6.92 Å². The number of hydrogen-bond donors (Lipinski definition) is 2. The van der Waals surface area contributed by atoms with Gasteiger partial charge < -0.3 is 20.6 Å². The molecule has 148 valence electrons. The first-order valence-corrected chi connectivity index (χ1v) is 10.1. The fourth-order valence-electron chi connectivity index (χ4n) is 5.10. The Kier molecular flexibility index (Phi) is 6.20. The number of piperidine rings is 2. The molecule has 3 aliphatic heterocycles. The third-order valence-corrected chi connectivity index (χ3v) is 6.53. The van der Waals surface area contributed by atoms with Crippen LogP contribution in [-0.2, 0) is 9.59 Å². The lowest BCUT2D eigenvalue weighted by molar-refractivity contribution is -0.134. The Morgan fingerprint density at radius 2 is 1.85 bits per heavy atom. The SMILES string of the molecule is CC(=O)N1CCC(O)(CN2CC[C@@H]3[C@@H](CCCCN3CC(N)=O)C2)CC1. The topological polar surface area (TPSA) is 90.1 Å². The van der Waals surface area contributed by atoms with Crippen molar-refractivity contribution in [2.75, 3.05) is 45.8 Å². The Labute approximate surface area is 156 Å². The van der Waals surface area contributed by atoms with E-state index in [0.717, 1.165) is 32.5 Å². The largest absolute Gasteiger partial charge is 0.388 e. The Morgan fingerprint density at radius 3 is 2.50 bits per heavy atom. The van der Waals surface area contributed by atoms with Crippen LogP contribution in [0.3, 0.4) is 0 Å². The van der Waals surface area contributed by atoms with Gasteiger partial charge in [-0.15, -0.1) is 0 Å². The van der Waals surface area contributed by atoms with E-state index in [-0.39, 0.29) is 11.8 Å². The van der Waals surface area contributed by atoms with E-state index < -0.39 is 5.60 Å². The molecule has 3 aliphatic rings. The number of nitrogens with two attached hydrogens (primary N) is 1. The van der Waals surface area contributed by atoms with Gasteiger partial charge in [0.2, 0.25) is 11.8 Å². The van der Waals surface area contributed by atoms with Crippen LogP contribution >= 0.6 is 0 Å². The first-order chi connectivity index (χ1) is 12.4. The van der Waals surface area contributed by atoms with Crippen LogP contribution in [0.4, 0.5) is 0 Å². The maximum absolute atomic E-state index is 11.5. The Morgan fingerprint density at radius 1 is 1.12 bits per heavy atom.